The number of thioether (sulfide) groups is 1. The number of esters is 1. The Bertz CT molecular complexity index is 715. The van der Waals surface area contributed by atoms with E-state index in [-0.39, 0.29) is 0 Å². The minimum Gasteiger partial charge on any atom is -0.464 e. The van der Waals surface area contributed by atoms with E-state index in [1.807, 2.05) is 51.1 Å². The summed E-state index contributed by atoms with van der Waals surface area (Å²) in [6, 6.07) is 9.30. The summed E-state index contributed by atoms with van der Waals surface area (Å²) in [5, 5.41) is 0. The Labute approximate surface area is 172 Å². The number of Topliss-reactive ketones (excluding diaryl/α,β-unsaturated/α-hetero) is 1. The summed E-state index contributed by atoms with van der Waals surface area (Å²) < 4.78 is 5.46. The van der Waals surface area contributed by atoms with Crippen LogP contribution in [0.1, 0.15) is 53.0 Å². The van der Waals surface area contributed by atoms with Crippen molar-refractivity contribution in [1.29, 1.82) is 0 Å². The van der Waals surface area contributed by atoms with Crippen molar-refractivity contribution in [3.8, 4) is 0 Å². The maximum absolute atomic E-state index is 13.0. The lowest BCUT2D eigenvalue weighted by atomic mass is 9.84. The highest BCUT2D eigenvalue weighted by Crippen LogP contribution is 2.40. The van der Waals surface area contributed by atoms with E-state index in [1.165, 1.54) is 22.2 Å². The highest BCUT2D eigenvalue weighted by Gasteiger charge is 2.50. The van der Waals surface area contributed by atoms with Gasteiger partial charge in [0.1, 0.15) is 6.04 Å². The minimum absolute atomic E-state index is 0.297. The van der Waals surface area contributed by atoms with Crippen LogP contribution in [0.4, 0.5) is 0 Å². The molecule has 1 aromatic carbocycles. The van der Waals surface area contributed by atoms with Crippen molar-refractivity contribution in [3.05, 3.63) is 35.9 Å². The molecule has 1 amide bonds. The SMILES string of the molecule is CCC(C)(C)C(=O)C(=O)N1[C@H](C(=O)OCCCc2ccccc2)CSC1(C)C. The van der Waals surface area contributed by atoms with Crippen molar-refractivity contribution in [3.63, 3.8) is 0 Å². The van der Waals surface area contributed by atoms with E-state index in [9.17, 15) is 14.4 Å². The highest BCUT2D eigenvalue weighted by molar-refractivity contribution is 8.00. The molecule has 0 radical (unpaired) electrons. The third-order valence-electron chi connectivity index (χ3n) is 5.37. The van der Waals surface area contributed by atoms with Gasteiger partial charge in [-0.2, -0.15) is 0 Å². The Kier molecular flexibility index (Phi) is 7.32. The molecule has 1 atom stereocenters. The van der Waals surface area contributed by atoms with Crippen molar-refractivity contribution >= 4 is 29.4 Å². The molecule has 0 N–H and O–H groups in total. The van der Waals surface area contributed by atoms with Crippen LogP contribution in [-0.2, 0) is 25.5 Å². The maximum atomic E-state index is 13.0. The van der Waals surface area contributed by atoms with Gasteiger partial charge in [0, 0.05) is 11.2 Å². The van der Waals surface area contributed by atoms with Gasteiger partial charge in [-0.1, -0.05) is 51.1 Å². The molecule has 28 heavy (non-hydrogen) atoms. The second-order valence-corrected chi connectivity index (χ2v) is 9.89. The molecule has 1 saturated heterocycles. The molecule has 0 unspecified atom stereocenters. The average molecular weight is 406 g/mol. The lowest BCUT2D eigenvalue weighted by molar-refractivity contribution is -0.160. The third kappa shape index (κ3) is 5.16. The summed E-state index contributed by atoms with van der Waals surface area (Å²) in [6.45, 7) is 9.44. The van der Waals surface area contributed by atoms with Crippen LogP contribution in [0.15, 0.2) is 30.3 Å². The lowest BCUT2D eigenvalue weighted by Gasteiger charge is -2.35. The first-order chi connectivity index (χ1) is 13.1. The number of carbonyl (C=O) groups is 3. The van der Waals surface area contributed by atoms with Crippen LogP contribution in [0.3, 0.4) is 0 Å². The van der Waals surface area contributed by atoms with Crippen LogP contribution in [0.5, 0.6) is 0 Å². The summed E-state index contributed by atoms with van der Waals surface area (Å²) in [4.78, 5) is 39.1. The van der Waals surface area contributed by atoms with Crippen LogP contribution in [-0.4, -0.2) is 45.8 Å². The predicted molar refractivity (Wildman–Crippen MR) is 112 cm³/mol. The van der Waals surface area contributed by atoms with Gasteiger partial charge in [-0.15, -0.1) is 11.8 Å². The van der Waals surface area contributed by atoms with E-state index in [4.69, 9.17) is 4.74 Å². The molecule has 1 aliphatic heterocycles. The highest BCUT2D eigenvalue weighted by atomic mass is 32.2. The molecule has 0 saturated carbocycles. The zero-order valence-corrected chi connectivity index (χ0v) is 18.3. The molecular weight excluding hydrogens is 374 g/mol. The van der Waals surface area contributed by atoms with E-state index < -0.39 is 34.0 Å². The van der Waals surface area contributed by atoms with Crippen LogP contribution < -0.4 is 0 Å². The summed E-state index contributed by atoms with van der Waals surface area (Å²) in [5.41, 5.74) is 0.449. The van der Waals surface area contributed by atoms with Crippen molar-refractivity contribution in [1.82, 2.24) is 4.90 Å². The average Bonchev–Trinajstić information content (AvgIpc) is 2.99. The second-order valence-electron chi connectivity index (χ2n) is 8.27. The van der Waals surface area contributed by atoms with Crippen LogP contribution >= 0.6 is 11.8 Å². The fourth-order valence-corrected chi connectivity index (χ4v) is 4.31. The molecule has 1 aromatic rings. The first-order valence-corrected chi connectivity index (χ1v) is 10.8. The molecule has 0 spiro atoms. The van der Waals surface area contributed by atoms with Gasteiger partial charge in [0.2, 0.25) is 5.78 Å². The summed E-state index contributed by atoms with van der Waals surface area (Å²) >= 11 is 1.50. The van der Waals surface area contributed by atoms with Gasteiger partial charge in [-0.25, -0.2) is 4.79 Å². The van der Waals surface area contributed by atoms with E-state index in [2.05, 4.69) is 0 Å². The monoisotopic (exact) mass is 405 g/mol. The van der Waals surface area contributed by atoms with Crippen molar-refractivity contribution in [2.45, 2.75) is 64.8 Å². The summed E-state index contributed by atoms with van der Waals surface area (Å²) in [7, 11) is 0. The Balaban J connectivity index is 1.99. The van der Waals surface area contributed by atoms with Crippen LogP contribution in [0.25, 0.3) is 0 Å². The zero-order chi connectivity index (χ0) is 20.9. The number of rotatable bonds is 8. The van der Waals surface area contributed by atoms with Crippen molar-refractivity contribution < 1.29 is 19.1 Å². The number of amides is 1. The number of ether oxygens (including phenoxy) is 1. The van der Waals surface area contributed by atoms with Crippen molar-refractivity contribution in [2.24, 2.45) is 5.41 Å². The summed E-state index contributed by atoms with van der Waals surface area (Å²) in [6.07, 6.45) is 2.10. The van der Waals surface area contributed by atoms with Gasteiger partial charge < -0.3 is 9.64 Å². The van der Waals surface area contributed by atoms with Gasteiger partial charge in [0.05, 0.1) is 11.5 Å². The molecule has 5 nitrogen and oxygen atoms in total. The number of hydrogen-bond acceptors (Lipinski definition) is 5. The number of aryl methyl sites for hydroxylation is 1. The molecule has 1 fully saturated rings. The lowest BCUT2D eigenvalue weighted by Crippen LogP contribution is -2.54. The summed E-state index contributed by atoms with van der Waals surface area (Å²) in [5.74, 6) is -1.03. The predicted octanol–water partition coefficient (Wildman–Crippen LogP) is 3.85. The molecule has 1 heterocycles. The largest absolute Gasteiger partial charge is 0.464 e. The third-order valence-corrected chi connectivity index (χ3v) is 6.75. The number of benzene rings is 1. The minimum atomic E-state index is -0.745. The Hall–Kier alpha value is -1.82. The van der Waals surface area contributed by atoms with Crippen molar-refractivity contribution in [2.75, 3.05) is 12.4 Å². The van der Waals surface area contributed by atoms with E-state index >= 15 is 0 Å². The first-order valence-electron chi connectivity index (χ1n) is 9.83. The molecule has 154 valence electrons. The van der Waals surface area contributed by atoms with Crippen LogP contribution in [0.2, 0.25) is 0 Å². The quantitative estimate of drug-likeness (QED) is 0.373. The van der Waals surface area contributed by atoms with E-state index in [0.29, 0.717) is 18.8 Å². The Morgan fingerprint density at radius 1 is 1.21 bits per heavy atom. The van der Waals surface area contributed by atoms with Gasteiger partial charge in [0.25, 0.3) is 5.91 Å². The topological polar surface area (TPSA) is 63.7 Å². The number of carbonyl (C=O) groups excluding carboxylic acids is 3. The van der Waals surface area contributed by atoms with Gasteiger partial charge in [-0.3, -0.25) is 9.59 Å². The molecule has 0 bridgehead atoms. The molecule has 6 heteroatoms. The van der Waals surface area contributed by atoms with Gasteiger partial charge in [-0.05, 0) is 38.7 Å². The zero-order valence-electron chi connectivity index (χ0n) is 17.5. The number of ketones is 1. The Morgan fingerprint density at radius 2 is 1.86 bits per heavy atom. The number of hydrogen-bond donors (Lipinski definition) is 0. The van der Waals surface area contributed by atoms with E-state index in [0.717, 1.165) is 12.8 Å². The Morgan fingerprint density at radius 3 is 2.46 bits per heavy atom. The van der Waals surface area contributed by atoms with Gasteiger partial charge in [0.15, 0.2) is 0 Å². The molecule has 0 aliphatic carbocycles. The van der Waals surface area contributed by atoms with Crippen LogP contribution in [0, 0.1) is 5.41 Å². The molecule has 0 aromatic heterocycles. The fourth-order valence-electron chi connectivity index (χ4n) is 3.11. The molecular formula is C22H31NO4S. The normalized spacial score (nSPS) is 18.8. The fraction of sp³-hybridized carbons (Fsp3) is 0.591. The van der Waals surface area contributed by atoms with Gasteiger partial charge >= 0.3 is 5.97 Å². The first kappa shape index (κ1) is 22.5. The number of nitrogens with zero attached hydrogens (tertiary/aromatic N) is 1. The molecule has 2 rings (SSSR count). The standard InChI is InChI=1S/C22H31NO4S/c1-6-21(2,3)18(24)19(25)23-17(15-28-22(23,4)5)20(26)27-14-10-13-16-11-8-7-9-12-16/h7-9,11-12,17H,6,10,13-15H2,1-5H3/t17-/m0/s1. The second kappa shape index (κ2) is 9.12. The molecule has 1 aliphatic rings. The smallest absolute Gasteiger partial charge is 0.329 e. The maximum Gasteiger partial charge on any atom is 0.329 e. The van der Waals surface area contributed by atoms with E-state index in [1.54, 1.807) is 13.8 Å².